The predicted molar refractivity (Wildman–Crippen MR) is 100 cm³/mol. The number of nitrogens with one attached hydrogen (secondary N) is 4. The first-order valence-electron chi connectivity index (χ1n) is 8.81. The van der Waals surface area contributed by atoms with E-state index in [0.717, 1.165) is 0 Å². The number of carboxylic acid groups (broad SMARTS) is 1. The van der Waals surface area contributed by atoms with Crippen LogP contribution in [0.15, 0.2) is 12.5 Å². The Balaban J connectivity index is 2.64. The van der Waals surface area contributed by atoms with Crippen molar-refractivity contribution in [3.8, 4) is 0 Å². The maximum atomic E-state index is 12.2. The van der Waals surface area contributed by atoms with E-state index in [0.29, 0.717) is 5.69 Å². The van der Waals surface area contributed by atoms with Gasteiger partial charge in [0.25, 0.3) is 0 Å². The molecule has 0 aliphatic heterocycles. The lowest BCUT2D eigenvalue weighted by molar-refractivity contribution is -0.142. The number of carboxylic acids is 1. The van der Waals surface area contributed by atoms with Gasteiger partial charge in [0.1, 0.15) is 18.1 Å². The number of hydrogen-bond acceptors (Lipinski definition) is 8. The second-order valence-corrected chi connectivity index (χ2v) is 6.43. The third-order valence-electron chi connectivity index (χ3n) is 3.92. The minimum atomic E-state index is -1.45. The Morgan fingerprint density at radius 1 is 1.10 bits per heavy atom. The quantitative estimate of drug-likeness (QED) is 0.161. The highest BCUT2D eigenvalue weighted by atomic mass is 16.4. The SMILES string of the molecule is CC(NC(=O)C(CO)NC(=O)C(N)CC(N)=O)C(=O)NC(Cc1cnc[nH]1)C(=O)O. The molecule has 4 unspecified atom stereocenters. The lowest BCUT2D eigenvalue weighted by Crippen LogP contribution is -2.57. The number of carbonyl (C=O) groups is 5. The van der Waals surface area contributed by atoms with Gasteiger partial charge in [0.05, 0.1) is 25.4 Å². The number of hydrogen-bond donors (Lipinski definition) is 8. The number of primary amides is 1. The molecule has 1 rings (SSSR count). The first kappa shape index (κ1) is 24.5. The molecule has 0 bridgehead atoms. The second-order valence-electron chi connectivity index (χ2n) is 6.43. The lowest BCUT2D eigenvalue weighted by atomic mass is 10.1. The van der Waals surface area contributed by atoms with Crippen molar-refractivity contribution in [1.29, 1.82) is 0 Å². The van der Waals surface area contributed by atoms with E-state index in [4.69, 9.17) is 11.5 Å². The molecule has 10 N–H and O–H groups in total. The molecule has 0 aliphatic rings. The summed E-state index contributed by atoms with van der Waals surface area (Å²) in [5.41, 5.74) is 10.9. The molecule has 0 saturated heterocycles. The summed E-state index contributed by atoms with van der Waals surface area (Å²) in [7, 11) is 0. The van der Waals surface area contributed by atoms with Crippen LogP contribution in [0, 0.1) is 0 Å². The number of aromatic nitrogens is 2. The van der Waals surface area contributed by atoms with E-state index in [1.165, 1.54) is 19.4 Å². The molecule has 1 aromatic rings. The third kappa shape index (κ3) is 7.84. The fourth-order valence-electron chi connectivity index (χ4n) is 2.27. The zero-order valence-electron chi connectivity index (χ0n) is 16.1. The highest BCUT2D eigenvalue weighted by molar-refractivity contribution is 5.94. The summed E-state index contributed by atoms with van der Waals surface area (Å²) >= 11 is 0. The summed E-state index contributed by atoms with van der Waals surface area (Å²) < 4.78 is 0. The second kappa shape index (κ2) is 11.5. The Morgan fingerprint density at radius 2 is 1.73 bits per heavy atom. The number of nitrogens with zero attached hydrogens (tertiary/aromatic N) is 1. The highest BCUT2D eigenvalue weighted by Gasteiger charge is 2.28. The summed E-state index contributed by atoms with van der Waals surface area (Å²) in [4.78, 5) is 65.0. The van der Waals surface area contributed by atoms with Gasteiger partial charge in [-0.25, -0.2) is 9.78 Å². The Morgan fingerprint density at radius 3 is 2.23 bits per heavy atom. The highest BCUT2D eigenvalue weighted by Crippen LogP contribution is 2.00. The van der Waals surface area contributed by atoms with E-state index in [2.05, 4.69) is 25.9 Å². The summed E-state index contributed by atoms with van der Waals surface area (Å²) in [6.45, 7) is 0.476. The fraction of sp³-hybridized carbons (Fsp3) is 0.500. The summed E-state index contributed by atoms with van der Waals surface area (Å²) in [5, 5.41) is 25.2. The van der Waals surface area contributed by atoms with Crippen LogP contribution in [0.2, 0.25) is 0 Å². The van der Waals surface area contributed by atoms with Crippen molar-refractivity contribution >= 4 is 29.6 Å². The number of aromatic amines is 1. The Kier molecular flexibility index (Phi) is 9.38. The molecule has 0 aromatic carbocycles. The lowest BCUT2D eigenvalue weighted by Gasteiger charge is -2.22. The number of amides is 4. The van der Waals surface area contributed by atoms with Crippen LogP contribution in [0.5, 0.6) is 0 Å². The Labute approximate surface area is 170 Å². The van der Waals surface area contributed by atoms with E-state index in [1.54, 1.807) is 0 Å². The van der Waals surface area contributed by atoms with Crippen LogP contribution >= 0.6 is 0 Å². The first-order chi connectivity index (χ1) is 14.0. The van der Waals surface area contributed by atoms with Gasteiger partial charge in [0, 0.05) is 18.3 Å². The van der Waals surface area contributed by atoms with Crippen LogP contribution in [0.3, 0.4) is 0 Å². The zero-order valence-corrected chi connectivity index (χ0v) is 16.1. The molecule has 0 saturated carbocycles. The van der Waals surface area contributed by atoms with Crippen molar-refractivity contribution < 1.29 is 34.2 Å². The van der Waals surface area contributed by atoms with Crippen LogP contribution < -0.4 is 27.4 Å². The molecular weight excluding hydrogens is 402 g/mol. The van der Waals surface area contributed by atoms with Gasteiger partial charge in [-0.1, -0.05) is 0 Å². The zero-order chi connectivity index (χ0) is 22.8. The van der Waals surface area contributed by atoms with Crippen molar-refractivity contribution in [2.24, 2.45) is 11.5 Å². The molecule has 4 atom stereocenters. The van der Waals surface area contributed by atoms with Gasteiger partial charge in [-0.05, 0) is 6.92 Å². The van der Waals surface area contributed by atoms with Crippen LogP contribution in [-0.2, 0) is 30.4 Å². The standard InChI is InChI=1S/C16H25N7O7/c1-7(13(26)22-10(16(29)30)2-8-4-19-6-20-8)21-15(28)11(5-24)23-14(27)9(17)3-12(18)25/h4,6-7,9-11,24H,2-3,5,17H2,1H3,(H2,18,25)(H,19,20)(H,21,28)(H,22,26)(H,23,27)(H,29,30). The summed E-state index contributed by atoms with van der Waals surface area (Å²) in [6.07, 6.45) is 2.24. The largest absolute Gasteiger partial charge is 0.480 e. The van der Waals surface area contributed by atoms with E-state index in [-0.39, 0.29) is 6.42 Å². The van der Waals surface area contributed by atoms with Crippen molar-refractivity contribution in [1.82, 2.24) is 25.9 Å². The average Bonchev–Trinajstić information content (AvgIpc) is 3.17. The molecule has 0 radical (unpaired) electrons. The summed E-state index contributed by atoms with van der Waals surface area (Å²) in [5.74, 6) is -4.73. The molecule has 1 heterocycles. The number of aliphatic carboxylic acids is 1. The first-order valence-corrected chi connectivity index (χ1v) is 8.81. The number of aliphatic hydroxyl groups excluding tert-OH is 1. The average molecular weight is 427 g/mol. The number of H-pyrrole nitrogens is 1. The number of aliphatic hydroxyl groups is 1. The molecule has 166 valence electrons. The predicted octanol–water partition coefficient (Wildman–Crippen LogP) is -4.29. The van der Waals surface area contributed by atoms with Crippen molar-refractivity contribution in [2.75, 3.05) is 6.61 Å². The molecule has 0 fully saturated rings. The van der Waals surface area contributed by atoms with Crippen LogP contribution in [0.25, 0.3) is 0 Å². The summed E-state index contributed by atoms with van der Waals surface area (Å²) in [6, 6.07) is -5.24. The van der Waals surface area contributed by atoms with Crippen LogP contribution in [0.4, 0.5) is 0 Å². The van der Waals surface area contributed by atoms with Crippen molar-refractivity contribution in [3.63, 3.8) is 0 Å². The van der Waals surface area contributed by atoms with Crippen molar-refractivity contribution in [2.45, 2.75) is 43.9 Å². The number of imidazole rings is 1. The molecular formula is C16H25N7O7. The Hall–Kier alpha value is -3.52. The van der Waals surface area contributed by atoms with Crippen LogP contribution in [0.1, 0.15) is 19.0 Å². The smallest absolute Gasteiger partial charge is 0.326 e. The maximum Gasteiger partial charge on any atom is 0.326 e. The van der Waals surface area contributed by atoms with Gasteiger partial charge in [0.15, 0.2) is 0 Å². The number of carbonyl (C=O) groups excluding carboxylic acids is 4. The molecule has 14 nitrogen and oxygen atoms in total. The number of nitrogens with two attached hydrogens (primary N) is 2. The van der Waals surface area contributed by atoms with Gasteiger partial charge >= 0.3 is 5.97 Å². The van der Waals surface area contributed by atoms with Gasteiger partial charge in [-0.2, -0.15) is 0 Å². The van der Waals surface area contributed by atoms with E-state index < -0.39 is 66.8 Å². The van der Waals surface area contributed by atoms with E-state index in [9.17, 15) is 34.2 Å². The molecule has 1 aromatic heterocycles. The van der Waals surface area contributed by atoms with Gasteiger partial charge in [-0.3, -0.25) is 19.2 Å². The van der Waals surface area contributed by atoms with Gasteiger partial charge in [-0.15, -0.1) is 0 Å². The molecule has 4 amide bonds. The van der Waals surface area contributed by atoms with Gasteiger partial charge in [0.2, 0.25) is 23.6 Å². The number of rotatable bonds is 12. The third-order valence-corrected chi connectivity index (χ3v) is 3.92. The normalized spacial score (nSPS) is 14.6. The minimum Gasteiger partial charge on any atom is -0.480 e. The minimum absolute atomic E-state index is 0.0607. The van der Waals surface area contributed by atoms with Crippen LogP contribution in [-0.4, -0.2) is 80.6 Å². The molecule has 0 spiro atoms. The Bertz CT molecular complexity index is 768. The van der Waals surface area contributed by atoms with Gasteiger partial charge < -0.3 is 42.6 Å². The van der Waals surface area contributed by atoms with Crippen molar-refractivity contribution in [3.05, 3.63) is 18.2 Å². The fourth-order valence-corrected chi connectivity index (χ4v) is 2.27. The topological polar surface area (TPSA) is 243 Å². The van der Waals surface area contributed by atoms with E-state index >= 15 is 0 Å². The molecule has 0 aliphatic carbocycles. The molecule has 14 heteroatoms. The monoisotopic (exact) mass is 427 g/mol. The molecule has 30 heavy (non-hydrogen) atoms. The van der Waals surface area contributed by atoms with E-state index in [1.807, 2.05) is 0 Å². The maximum absolute atomic E-state index is 12.2.